The highest BCUT2D eigenvalue weighted by molar-refractivity contribution is 5.92. The lowest BCUT2D eigenvalue weighted by Crippen LogP contribution is -2.57. The minimum Gasteiger partial charge on any atom is -0.311 e. The van der Waals surface area contributed by atoms with Gasteiger partial charge in [0.05, 0.1) is 19.0 Å². The molecule has 1 aliphatic rings. The number of anilines is 1. The number of amides is 2. The maximum absolute atomic E-state index is 13.8. The van der Waals surface area contributed by atoms with E-state index in [1.165, 1.54) is 4.90 Å². The Hall–Kier alpha value is -1.69. The summed E-state index contributed by atoms with van der Waals surface area (Å²) in [5, 5.41) is 0. The van der Waals surface area contributed by atoms with E-state index in [4.69, 9.17) is 0 Å². The van der Waals surface area contributed by atoms with Crippen LogP contribution in [0.25, 0.3) is 0 Å². The third kappa shape index (κ3) is 2.84. The van der Waals surface area contributed by atoms with E-state index in [1.54, 1.807) is 4.90 Å². The zero-order valence-corrected chi connectivity index (χ0v) is 11.1. The number of carbonyl (C=O) groups excluding carboxylic acids is 1. The van der Waals surface area contributed by atoms with Gasteiger partial charge in [0.2, 0.25) is 0 Å². The predicted octanol–water partition coefficient (Wildman–Crippen LogP) is 2.46. The number of hydrogen-bond donors (Lipinski definition) is 0. The first-order valence-electron chi connectivity index (χ1n) is 6.23. The van der Waals surface area contributed by atoms with Crippen LogP contribution in [0.5, 0.6) is 0 Å². The average molecular weight is 269 g/mol. The van der Waals surface area contributed by atoms with Gasteiger partial charge >= 0.3 is 6.03 Å². The molecule has 1 aromatic rings. The van der Waals surface area contributed by atoms with Gasteiger partial charge in [-0.15, -0.1) is 0 Å². The van der Waals surface area contributed by atoms with E-state index in [2.05, 4.69) is 0 Å². The molecule has 104 valence electrons. The molecule has 2 rings (SSSR count). The Labute approximate surface area is 111 Å². The van der Waals surface area contributed by atoms with E-state index in [0.717, 1.165) is 24.6 Å². The van der Waals surface area contributed by atoms with E-state index in [9.17, 15) is 13.6 Å². The number of halogens is 2. The third-order valence-corrected chi connectivity index (χ3v) is 2.99. The van der Waals surface area contributed by atoms with Crippen LogP contribution in [-0.4, -0.2) is 42.8 Å². The molecule has 0 radical (unpaired) electrons. The lowest BCUT2D eigenvalue weighted by molar-refractivity contribution is 0.132. The van der Waals surface area contributed by atoms with Crippen molar-refractivity contribution in [1.29, 1.82) is 0 Å². The van der Waals surface area contributed by atoms with Crippen LogP contribution in [0.3, 0.4) is 0 Å². The molecule has 0 N–H and O–H groups in total. The fraction of sp³-hybridized carbons (Fsp3) is 0.462. The predicted molar refractivity (Wildman–Crippen MR) is 68.7 cm³/mol. The average Bonchev–Trinajstić information content (AvgIpc) is 2.37. The monoisotopic (exact) mass is 269 g/mol. The summed E-state index contributed by atoms with van der Waals surface area (Å²) in [6.45, 7) is 3.31. The van der Waals surface area contributed by atoms with Gasteiger partial charge in [-0.25, -0.2) is 13.6 Å². The SMILES string of the molecule is CCCN1CN(C)CN(c2cc(F)ccc2F)C1=O. The Morgan fingerprint density at radius 1 is 1.26 bits per heavy atom. The molecule has 4 nitrogen and oxygen atoms in total. The second-order valence-electron chi connectivity index (χ2n) is 4.71. The Morgan fingerprint density at radius 2 is 2.00 bits per heavy atom. The number of urea groups is 1. The molecule has 1 heterocycles. The summed E-state index contributed by atoms with van der Waals surface area (Å²) in [5.74, 6) is -1.15. The van der Waals surface area contributed by atoms with Crippen LogP contribution < -0.4 is 4.90 Å². The van der Waals surface area contributed by atoms with Gasteiger partial charge in [-0.3, -0.25) is 9.80 Å². The van der Waals surface area contributed by atoms with Crippen LogP contribution in [0.4, 0.5) is 19.3 Å². The summed E-state index contributed by atoms with van der Waals surface area (Å²) < 4.78 is 27.0. The number of nitrogens with zero attached hydrogens (tertiary/aromatic N) is 3. The molecule has 1 saturated heterocycles. The molecule has 1 fully saturated rings. The van der Waals surface area contributed by atoms with Crippen molar-refractivity contribution in [2.45, 2.75) is 13.3 Å². The summed E-state index contributed by atoms with van der Waals surface area (Å²) >= 11 is 0. The highest BCUT2D eigenvalue weighted by atomic mass is 19.1. The molecule has 0 spiro atoms. The van der Waals surface area contributed by atoms with Crippen LogP contribution in [0.1, 0.15) is 13.3 Å². The minimum absolute atomic E-state index is 0.0161. The number of hydrogen-bond acceptors (Lipinski definition) is 2. The van der Waals surface area contributed by atoms with Crippen LogP contribution in [0.15, 0.2) is 18.2 Å². The molecule has 6 heteroatoms. The summed E-state index contributed by atoms with van der Waals surface area (Å²) in [4.78, 5) is 17.0. The van der Waals surface area contributed by atoms with Gasteiger partial charge in [-0.1, -0.05) is 6.92 Å². The van der Waals surface area contributed by atoms with Crippen LogP contribution in [0.2, 0.25) is 0 Å². The van der Waals surface area contributed by atoms with Crippen molar-refractivity contribution >= 4 is 11.7 Å². The summed E-state index contributed by atoms with van der Waals surface area (Å²) in [7, 11) is 1.83. The third-order valence-electron chi connectivity index (χ3n) is 2.99. The normalized spacial score (nSPS) is 17.2. The summed E-state index contributed by atoms with van der Waals surface area (Å²) in [6.07, 6.45) is 0.819. The highest BCUT2D eigenvalue weighted by Crippen LogP contribution is 2.24. The summed E-state index contributed by atoms with van der Waals surface area (Å²) in [6, 6.07) is 2.85. The van der Waals surface area contributed by atoms with E-state index >= 15 is 0 Å². The topological polar surface area (TPSA) is 26.8 Å². The number of benzene rings is 1. The Bertz CT molecular complexity index is 481. The van der Waals surface area contributed by atoms with Crippen molar-refractivity contribution in [3.05, 3.63) is 29.8 Å². The maximum Gasteiger partial charge on any atom is 0.326 e. The van der Waals surface area contributed by atoms with Gasteiger partial charge in [0.1, 0.15) is 11.6 Å². The zero-order valence-electron chi connectivity index (χ0n) is 11.1. The fourth-order valence-corrected chi connectivity index (χ4v) is 2.18. The molecule has 1 aliphatic heterocycles. The first-order chi connectivity index (χ1) is 9.02. The van der Waals surface area contributed by atoms with Crippen LogP contribution >= 0.6 is 0 Å². The molecule has 0 saturated carbocycles. The second kappa shape index (κ2) is 5.52. The fourth-order valence-electron chi connectivity index (χ4n) is 2.18. The lowest BCUT2D eigenvalue weighted by Gasteiger charge is -2.40. The van der Waals surface area contributed by atoms with Gasteiger partial charge in [-0.05, 0) is 25.6 Å². The van der Waals surface area contributed by atoms with Gasteiger partial charge in [0.15, 0.2) is 0 Å². The Morgan fingerprint density at radius 3 is 2.68 bits per heavy atom. The highest BCUT2D eigenvalue weighted by Gasteiger charge is 2.30. The van der Waals surface area contributed by atoms with Gasteiger partial charge < -0.3 is 4.90 Å². The standard InChI is InChI=1S/C13H17F2N3O/c1-3-6-17-8-16(2)9-18(13(17)19)12-7-10(14)4-5-11(12)15/h4-5,7H,3,6,8-9H2,1-2H3. The van der Waals surface area contributed by atoms with Crippen molar-refractivity contribution < 1.29 is 13.6 Å². The van der Waals surface area contributed by atoms with Crippen LogP contribution in [-0.2, 0) is 0 Å². The molecule has 19 heavy (non-hydrogen) atoms. The quantitative estimate of drug-likeness (QED) is 0.842. The van der Waals surface area contributed by atoms with Crippen molar-refractivity contribution in [1.82, 2.24) is 9.80 Å². The summed E-state index contributed by atoms with van der Waals surface area (Å²) in [5.41, 5.74) is -0.0161. The molecule has 2 amide bonds. The van der Waals surface area contributed by atoms with Crippen molar-refractivity contribution in [3.8, 4) is 0 Å². The molecular weight excluding hydrogens is 252 g/mol. The van der Waals surface area contributed by atoms with E-state index in [1.807, 2.05) is 18.9 Å². The molecule has 1 aromatic carbocycles. The Balaban J connectivity index is 2.31. The molecule has 0 aromatic heterocycles. The van der Waals surface area contributed by atoms with Crippen molar-refractivity contribution in [3.63, 3.8) is 0 Å². The van der Waals surface area contributed by atoms with Crippen molar-refractivity contribution in [2.75, 3.05) is 31.8 Å². The second-order valence-corrected chi connectivity index (χ2v) is 4.71. The van der Waals surface area contributed by atoms with Gasteiger partial charge in [0, 0.05) is 12.6 Å². The number of rotatable bonds is 3. The smallest absolute Gasteiger partial charge is 0.311 e. The lowest BCUT2D eigenvalue weighted by atomic mass is 10.2. The molecular formula is C13H17F2N3O. The molecule has 0 atom stereocenters. The first-order valence-corrected chi connectivity index (χ1v) is 6.23. The maximum atomic E-state index is 13.8. The molecule has 0 aliphatic carbocycles. The minimum atomic E-state index is -0.596. The Kier molecular flexibility index (Phi) is 3.99. The first kappa shape index (κ1) is 13.7. The molecule has 0 unspecified atom stereocenters. The van der Waals surface area contributed by atoms with Gasteiger partial charge in [0.25, 0.3) is 0 Å². The molecule has 0 bridgehead atoms. The van der Waals surface area contributed by atoms with Crippen LogP contribution in [0, 0.1) is 11.6 Å². The van der Waals surface area contributed by atoms with Crippen molar-refractivity contribution in [2.24, 2.45) is 0 Å². The largest absolute Gasteiger partial charge is 0.326 e. The van der Waals surface area contributed by atoms with Gasteiger partial charge in [-0.2, -0.15) is 0 Å². The van der Waals surface area contributed by atoms with E-state index in [0.29, 0.717) is 13.2 Å². The van der Waals surface area contributed by atoms with E-state index < -0.39 is 11.6 Å². The zero-order chi connectivity index (χ0) is 14.0. The number of carbonyl (C=O) groups is 1. The van der Waals surface area contributed by atoms with E-state index in [-0.39, 0.29) is 18.4 Å².